The van der Waals surface area contributed by atoms with E-state index in [0.717, 1.165) is 25.0 Å². The summed E-state index contributed by atoms with van der Waals surface area (Å²) in [5.41, 5.74) is 1.12. The zero-order chi connectivity index (χ0) is 13.1. The van der Waals surface area contributed by atoms with E-state index in [1.807, 2.05) is 6.92 Å². The van der Waals surface area contributed by atoms with E-state index in [1.54, 1.807) is 6.07 Å². The molecule has 1 heterocycles. The van der Waals surface area contributed by atoms with E-state index in [9.17, 15) is 8.78 Å². The van der Waals surface area contributed by atoms with Crippen LogP contribution in [-0.4, -0.2) is 9.97 Å². The molecule has 0 bridgehead atoms. The molecule has 94 valence electrons. The minimum Gasteiger partial charge on any atom is -0.233 e. The molecule has 0 fully saturated rings. The van der Waals surface area contributed by atoms with Crippen molar-refractivity contribution in [2.45, 2.75) is 19.8 Å². The molecule has 0 aliphatic heterocycles. The smallest absolute Gasteiger partial charge is 0.159 e. The van der Waals surface area contributed by atoms with E-state index in [-0.39, 0.29) is 0 Å². The van der Waals surface area contributed by atoms with Crippen molar-refractivity contribution in [2.24, 2.45) is 0 Å². The van der Waals surface area contributed by atoms with Crippen LogP contribution in [0.3, 0.4) is 0 Å². The van der Waals surface area contributed by atoms with Gasteiger partial charge < -0.3 is 0 Å². The average Bonchev–Trinajstić information content (AvgIpc) is 2.32. The Kier molecular flexibility index (Phi) is 4.01. The first-order chi connectivity index (χ1) is 8.60. The number of benzene rings is 1. The molecule has 1 aromatic carbocycles. The Morgan fingerprint density at radius 2 is 1.89 bits per heavy atom. The van der Waals surface area contributed by atoms with E-state index in [2.05, 4.69) is 25.9 Å². The van der Waals surface area contributed by atoms with Gasteiger partial charge in [0.2, 0.25) is 0 Å². The van der Waals surface area contributed by atoms with E-state index < -0.39 is 11.6 Å². The largest absolute Gasteiger partial charge is 0.233 e. The molecule has 18 heavy (non-hydrogen) atoms. The summed E-state index contributed by atoms with van der Waals surface area (Å²) in [5, 5.41) is 0. The quantitative estimate of drug-likeness (QED) is 0.796. The summed E-state index contributed by atoms with van der Waals surface area (Å²) >= 11 is 3.29. The fourth-order valence-corrected chi connectivity index (χ4v) is 2.02. The van der Waals surface area contributed by atoms with E-state index in [1.165, 1.54) is 6.07 Å². The molecular weight excluding hydrogens is 302 g/mol. The van der Waals surface area contributed by atoms with Crippen LogP contribution in [0.2, 0.25) is 0 Å². The predicted octanol–water partition coefficient (Wildman–Crippen LogP) is 4.14. The summed E-state index contributed by atoms with van der Waals surface area (Å²) in [6.45, 7) is 2.03. The molecule has 2 rings (SSSR count). The molecule has 0 radical (unpaired) electrons. The third kappa shape index (κ3) is 2.90. The fourth-order valence-electron chi connectivity index (χ4n) is 1.60. The normalized spacial score (nSPS) is 10.7. The van der Waals surface area contributed by atoms with Gasteiger partial charge in [-0.15, -0.1) is 0 Å². The number of aryl methyl sites for hydroxylation is 1. The van der Waals surface area contributed by atoms with Crippen LogP contribution in [0.5, 0.6) is 0 Å². The summed E-state index contributed by atoms with van der Waals surface area (Å²) in [4.78, 5) is 8.56. The van der Waals surface area contributed by atoms with Crippen LogP contribution in [0.15, 0.2) is 28.9 Å². The van der Waals surface area contributed by atoms with Gasteiger partial charge in [-0.3, -0.25) is 0 Å². The van der Waals surface area contributed by atoms with Gasteiger partial charge in [0.05, 0.1) is 5.69 Å². The molecular formula is C13H11BrF2N2. The summed E-state index contributed by atoms with van der Waals surface area (Å²) in [7, 11) is 0. The Labute approximate surface area is 112 Å². The molecule has 0 saturated carbocycles. The van der Waals surface area contributed by atoms with Gasteiger partial charge in [-0.05, 0) is 46.6 Å². The monoisotopic (exact) mass is 312 g/mol. The lowest BCUT2D eigenvalue weighted by molar-refractivity contribution is 0.509. The Hall–Kier alpha value is -1.36. The highest BCUT2D eigenvalue weighted by Crippen LogP contribution is 2.22. The lowest BCUT2D eigenvalue weighted by Crippen LogP contribution is -1.97. The van der Waals surface area contributed by atoms with Gasteiger partial charge in [-0.25, -0.2) is 18.7 Å². The summed E-state index contributed by atoms with van der Waals surface area (Å²) in [6, 6.07) is 5.43. The maximum Gasteiger partial charge on any atom is 0.159 e. The van der Waals surface area contributed by atoms with Crippen molar-refractivity contribution < 1.29 is 8.78 Å². The van der Waals surface area contributed by atoms with Crippen LogP contribution < -0.4 is 0 Å². The van der Waals surface area contributed by atoms with Gasteiger partial charge in [0, 0.05) is 12.0 Å². The number of halogens is 3. The number of hydrogen-bond donors (Lipinski definition) is 0. The van der Waals surface area contributed by atoms with Gasteiger partial charge in [-0.1, -0.05) is 6.92 Å². The number of hydrogen-bond acceptors (Lipinski definition) is 2. The first-order valence-electron chi connectivity index (χ1n) is 5.59. The van der Waals surface area contributed by atoms with Crippen molar-refractivity contribution in [1.29, 1.82) is 0 Å². The second kappa shape index (κ2) is 5.52. The zero-order valence-corrected chi connectivity index (χ0v) is 11.3. The topological polar surface area (TPSA) is 25.8 Å². The SMILES string of the molecule is CCCc1nc(Br)cc(-c2ccc(F)c(F)c2)n1. The Bertz CT molecular complexity index is 573. The van der Waals surface area contributed by atoms with Crippen LogP contribution in [-0.2, 0) is 6.42 Å². The van der Waals surface area contributed by atoms with Gasteiger partial charge in [0.25, 0.3) is 0 Å². The van der Waals surface area contributed by atoms with Crippen LogP contribution >= 0.6 is 15.9 Å². The van der Waals surface area contributed by atoms with Crippen LogP contribution in [0.25, 0.3) is 11.3 Å². The zero-order valence-electron chi connectivity index (χ0n) is 9.75. The van der Waals surface area contributed by atoms with Gasteiger partial charge >= 0.3 is 0 Å². The number of nitrogens with zero attached hydrogens (tertiary/aromatic N) is 2. The summed E-state index contributed by atoms with van der Waals surface area (Å²) in [6.07, 6.45) is 1.67. The Balaban J connectivity index is 2.46. The highest BCUT2D eigenvalue weighted by Gasteiger charge is 2.08. The molecule has 0 amide bonds. The van der Waals surface area contributed by atoms with Gasteiger partial charge in [-0.2, -0.15) is 0 Å². The predicted molar refractivity (Wildman–Crippen MR) is 69.1 cm³/mol. The first-order valence-corrected chi connectivity index (χ1v) is 6.38. The minimum atomic E-state index is -0.876. The van der Waals surface area contributed by atoms with Crippen LogP contribution in [0.4, 0.5) is 8.78 Å². The van der Waals surface area contributed by atoms with Crippen molar-refractivity contribution in [3.05, 3.63) is 46.3 Å². The second-order valence-electron chi connectivity index (χ2n) is 3.87. The maximum atomic E-state index is 13.2. The molecule has 0 saturated heterocycles. The molecule has 0 aliphatic carbocycles. The highest BCUT2D eigenvalue weighted by atomic mass is 79.9. The number of rotatable bonds is 3. The standard InChI is InChI=1S/C13H11BrF2N2/c1-2-3-13-17-11(7-12(14)18-13)8-4-5-9(15)10(16)6-8/h4-7H,2-3H2,1H3. The first kappa shape index (κ1) is 13.1. The van der Waals surface area contributed by atoms with Crippen LogP contribution in [0, 0.1) is 11.6 Å². The van der Waals surface area contributed by atoms with E-state index in [4.69, 9.17) is 0 Å². The van der Waals surface area contributed by atoms with Crippen molar-refractivity contribution >= 4 is 15.9 Å². The van der Waals surface area contributed by atoms with Crippen molar-refractivity contribution in [1.82, 2.24) is 9.97 Å². The minimum absolute atomic E-state index is 0.536. The molecule has 0 atom stereocenters. The molecule has 5 heteroatoms. The maximum absolute atomic E-state index is 13.2. The molecule has 0 aliphatic rings. The van der Waals surface area contributed by atoms with E-state index in [0.29, 0.717) is 21.7 Å². The highest BCUT2D eigenvalue weighted by molar-refractivity contribution is 9.10. The summed E-state index contributed by atoms with van der Waals surface area (Å²) in [5.74, 6) is -1.05. The number of aromatic nitrogens is 2. The third-order valence-corrected chi connectivity index (χ3v) is 2.84. The van der Waals surface area contributed by atoms with E-state index >= 15 is 0 Å². The summed E-state index contributed by atoms with van der Waals surface area (Å²) < 4.78 is 26.7. The van der Waals surface area contributed by atoms with Crippen molar-refractivity contribution in [2.75, 3.05) is 0 Å². The molecule has 1 aromatic heterocycles. The molecule has 2 aromatic rings. The average molecular weight is 313 g/mol. The Morgan fingerprint density at radius 1 is 1.11 bits per heavy atom. The van der Waals surface area contributed by atoms with Gasteiger partial charge in [0.15, 0.2) is 11.6 Å². The van der Waals surface area contributed by atoms with Crippen molar-refractivity contribution in [3.8, 4) is 11.3 Å². The van der Waals surface area contributed by atoms with Gasteiger partial charge in [0.1, 0.15) is 10.4 Å². The van der Waals surface area contributed by atoms with Crippen molar-refractivity contribution in [3.63, 3.8) is 0 Å². The molecule has 0 spiro atoms. The molecule has 0 unspecified atom stereocenters. The molecule has 0 N–H and O–H groups in total. The lowest BCUT2D eigenvalue weighted by atomic mass is 10.1. The second-order valence-corrected chi connectivity index (χ2v) is 4.68. The lowest BCUT2D eigenvalue weighted by Gasteiger charge is -2.05. The third-order valence-electron chi connectivity index (χ3n) is 2.43. The molecule has 2 nitrogen and oxygen atoms in total. The fraction of sp³-hybridized carbons (Fsp3) is 0.231. The van der Waals surface area contributed by atoms with Crippen LogP contribution in [0.1, 0.15) is 19.2 Å². The Morgan fingerprint density at radius 3 is 2.56 bits per heavy atom.